The number of ketones is 1. The van der Waals surface area contributed by atoms with Crippen LogP contribution in [0.3, 0.4) is 0 Å². The Morgan fingerprint density at radius 2 is 1.96 bits per heavy atom. The minimum atomic E-state index is -0.0819. The largest absolute Gasteiger partial charge is 0.390 e. The third-order valence-electron chi connectivity index (χ3n) is 5.57. The van der Waals surface area contributed by atoms with Crippen LogP contribution in [-0.2, 0) is 5.41 Å². The molecule has 1 aliphatic heterocycles. The molecule has 4 rings (SSSR count). The molecule has 1 spiro atoms. The first-order valence-corrected chi connectivity index (χ1v) is 9.54. The summed E-state index contributed by atoms with van der Waals surface area (Å²) in [6, 6.07) is 5.99. The number of aliphatic hydroxyl groups is 1. The van der Waals surface area contributed by atoms with E-state index in [9.17, 15) is 9.90 Å². The molecule has 6 nitrogen and oxygen atoms in total. The Balaban J connectivity index is 1.68. The summed E-state index contributed by atoms with van der Waals surface area (Å²) in [6.45, 7) is 6.03. The number of aliphatic imine (C=N–C) groups is 1. The van der Waals surface area contributed by atoms with E-state index in [0.29, 0.717) is 17.2 Å². The molecule has 2 aromatic rings. The van der Waals surface area contributed by atoms with Crippen LogP contribution in [0.5, 0.6) is 0 Å². The molecular weight excluding hydrogens is 352 g/mol. The van der Waals surface area contributed by atoms with Crippen molar-refractivity contribution in [2.45, 2.75) is 39.0 Å². The molecule has 1 saturated carbocycles. The molecule has 1 aromatic carbocycles. The Hall–Kier alpha value is -2.86. The number of anilines is 2. The molecule has 0 amide bonds. The smallest absolute Gasteiger partial charge is 0.229 e. The van der Waals surface area contributed by atoms with E-state index < -0.39 is 0 Å². The molecule has 1 aromatic heterocycles. The summed E-state index contributed by atoms with van der Waals surface area (Å²) < 4.78 is 0. The topological polar surface area (TPSA) is 78.7 Å². The predicted molar refractivity (Wildman–Crippen MR) is 110 cm³/mol. The van der Waals surface area contributed by atoms with Gasteiger partial charge in [-0.15, -0.1) is 0 Å². The fraction of sp³-hybridized carbons (Fsp3) is 0.364. The summed E-state index contributed by atoms with van der Waals surface area (Å²) in [5.41, 5.74) is 5.40. The molecule has 0 atom stereocenters. The zero-order valence-corrected chi connectivity index (χ0v) is 16.4. The number of aliphatic hydroxyl groups excluding tert-OH is 1. The number of carbonyl (C=O) groups is 1. The van der Waals surface area contributed by atoms with Crippen molar-refractivity contribution in [2.75, 3.05) is 18.1 Å². The van der Waals surface area contributed by atoms with Crippen LogP contribution in [0, 0.1) is 0 Å². The van der Waals surface area contributed by atoms with Gasteiger partial charge in [0.1, 0.15) is 0 Å². The molecule has 0 unspecified atom stereocenters. The van der Waals surface area contributed by atoms with Crippen molar-refractivity contribution in [3.63, 3.8) is 0 Å². The molecule has 1 N–H and O–H groups in total. The van der Waals surface area contributed by atoms with Gasteiger partial charge in [0.05, 0.1) is 12.3 Å². The van der Waals surface area contributed by atoms with Gasteiger partial charge in [0.2, 0.25) is 5.95 Å². The maximum absolute atomic E-state index is 11.8. The first-order valence-electron chi connectivity index (χ1n) is 9.54. The van der Waals surface area contributed by atoms with Gasteiger partial charge in [-0.1, -0.05) is 18.2 Å². The van der Waals surface area contributed by atoms with Crippen molar-refractivity contribution in [1.29, 1.82) is 0 Å². The molecule has 6 heteroatoms. The van der Waals surface area contributed by atoms with Crippen LogP contribution < -0.4 is 4.90 Å². The summed E-state index contributed by atoms with van der Waals surface area (Å²) in [7, 11) is 0. The van der Waals surface area contributed by atoms with E-state index in [1.54, 1.807) is 26.2 Å². The Morgan fingerprint density at radius 1 is 1.25 bits per heavy atom. The number of allylic oxidation sites excluding steroid dienone is 1. The minimum Gasteiger partial charge on any atom is -0.390 e. The quantitative estimate of drug-likeness (QED) is 0.636. The molecule has 0 radical (unpaired) electrons. The van der Waals surface area contributed by atoms with E-state index in [0.717, 1.165) is 36.3 Å². The summed E-state index contributed by atoms with van der Waals surface area (Å²) in [5.74, 6) is 0.693. The van der Waals surface area contributed by atoms with Crippen LogP contribution in [0.1, 0.15) is 55.1 Å². The van der Waals surface area contributed by atoms with Gasteiger partial charge in [-0.05, 0) is 45.2 Å². The number of carbonyl (C=O) groups excluding carboxylic acids is 1. The van der Waals surface area contributed by atoms with Crippen molar-refractivity contribution < 1.29 is 9.90 Å². The van der Waals surface area contributed by atoms with Gasteiger partial charge < -0.3 is 10.0 Å². The van der Waals surface area contributed by atoms with E-state index in [1.165, 1.54) is 5.56 Å². The summed E-state index contributed by atoms with van der Waals surface area (Å²) >= 11 is 0. The third kappa shape index (κ3) is 3.14. The summed E-state index contributed by atoms with van der Waals surface area (Å²) in [5, 5.41) is 9.20. The van der Waals surface area contributed by atoms with Gasteiger partial charge in [0, 0.05) is 46.9 Å². The third-order valence-corrected chi connectivity index (χ3v) is 5.57. The number of rotatable bonds is 5. The predicted octanol–water partition coefficient (Wildman–Crippen LogP) is 3.68. The molecule has 1 aliphatic carbocycles. The molecule has 0 bridgehead atoms. The van der Waals surface area contributed by atoms with Crippen LogP contribution in [0.2, 0.25) is 0 Å². The highest BCUT2D eigenvalue weighted by atomic mass is 16.3. The van der Waals surface area contributed by atoms with E-state index >= 15 is 0 Å². The van der Waals surface area contributed by atoms with Gasteiger partial charge in [0.25, 0.3) is 0 Å². The summed E-state index contributed by atoms with van der Waals surface area (Å²) in [4.78, 5) is 27.5. The molecule has 2 aliphatic rings. The van der Waals surface area contributed by atoms with E-state index in [-0.39, 0.29) is 17.8 Å². The minimum absolute atomic E-state index is 0.0607. The standard InChI is InChI=1S/C22H24N4O2/c1-4-19(25-14(2)12-27)17-10-23-21(24-11-17)26-13-22(7-8-22)18-6-5-16(15(3)28)9-20(18)26/h4-6,9-11,27H,7-8,12-13H2,1-3H3/b19-4-,25-14?. The first-order chi connectivity index (χ1) is 13.5. The van der Waals surface area contributed by atoms with Gasteiger partial charge in [0.15, 0.2) is 5.78 Å². The van der Waals surface area contributed by atoms with Crippen molar-refractivity contribution in [3.8, 4) is 0 Å². The Morgan fingerprint density at radius 3 is 2.54 bits per heavy atom. The van der Waals surface area contributed by atoms with Crippen LogP contribution in [-0.4, -0.2) is 39.7 Å². The molecule has 0 saturated heterocycles. The number of hydrogen-bond acceptors (Lipinski definition) is 6. The average molecular weight is 376 g/mol. The fourth-order valence-corrected chi connectivity index (χ4v) is 3.78. The Kier molecular flexibility index (Phi) is 4.59. The second kappa shape index (κ2) is 6.95. The highest BCUT2D eigenvalue weighted by Gasteiger charge is 2.52. The zero-order valence-electron chi connectivity index (χ0n) is 16.4. The molecule has 28 heavy (non-hydrogen) atoms. The monoisotopic (exact) mass is 376 g/mol. The number of nitrogens with zero attached hydrogens (tertiary/aromatic N) is 4. The lowest BCUT2D eigenvalue weighted by atomic mass is 9.97. The van der Waals surface area contributed by atoms with Gasteiger partial charge in [-0.25, -0.2) is 9.97 Å². The summed E-state index contributed by atoms with van der Waals surface area (Å²) in [6.07, 6.45) is 7.72. The van der Waals surface area contributed by atoms with Gasteiger partial charge in [-0.2, -0.15) is 0 Å². The zero-order chi connectivity index (χ0) is 19.9. The van der Waals surface area contributed by atoms with Crippen LogP contribution >= 0.6 is 0 Å². The van der Waals surface area contributed by atoms with Gasteiger partial charge in [-0.3, -0.25) is 9.79 Å². The fourth-order valence-electron chi connectivity index (χ4n) is 3.78. The van der Waals surface area contributed by atoms with Crippen LogP contribution in [0.15, 0.2) is 41.7 Å². The van der Waals surface area contributed by atoms with Crippen molar-refractivity contribution in [3.05, 3.63) is 53.4 Å². The molecule has 144 valence electrons. The van der Waals surface area contributed by atoms with Crippen LogP contribution in [0.4, 0.5) is 11.6 Å². The lowest BCUT2D eigenvalue weighted by Crippen LogP contribution is -2.21. The van der Waals surface area contributed by atoms with Crippen molar-refractivity contribution in [1.82, 2.24) is 9.97 Å². The lowest BCUT2D eigenvalue weighted by Gasteiger charge is -2.18. The highest BCUT2D eigenvalue weighted by molar-refractivity contribution is 5.96. The van der Waals surface area contributed by atoms with Crippen molar-refractivity contribution in [2.24, 2.45) is 4.99 Å². The normalized spacial score (nSPS) is 17.8. The molecular formula is C22H24N4O2. The Labute approximate surface area is 164 Å². The second-order valence-electron chi connectivity index (χ2n) is 7.61. The van der Waals surface area contributed by atoms with Gasteiger partial charge >= 0.3 is 0 Å². The van der Waals surface area contributed by atoms with E-state index in [1.807, 2.05) is 25.1 Å². The lowest BCUT2D eigenvalue weighted by molar-refractivity contribution is 0.101. The highest BCUT2D eigenvalue weighted by Crippen LogP contribution is 2.57. The van der Waals surface area contributed by atoms with Crippen LogP contribution in [0.25, 0.3) is 5.70 Å². The average Bonchev–Trinajstić information content (AvgIpc) is 3.42. The maximum Gasteiger partial charge on any atom is 0.229 e. The number of hydrogen-bond donors (Lipinski definition) is 1. The maximum atomic E-state index is 11.8. The van der Waals surface area contributed by atoms with E-state index in [4.69, 9.17) is 0 Å². The molecule has 2 heterocycles. The van der Waals surface area contributed by atoms with E-state index in [2.05, 4.69) is 25.9 Å². The molecule has 1 fully saturated rings. The Bertz CT molecular complexity index is 988. The number of Topliss-reactive ketones (excluding diaryl/α,β-unsaturated/α-hetero) is 1. The second-order valence-corrected chi connectivity index (χ2v) is 7.61. The number of fused-ring (bicyclic) bond motifs is 2. The van der Waals surface area contributed by atoms with Crippen molar-refractivity contribution >= 4 is 28.8 Å². The number of benzene rings is 1. The first kappa shape index (κ1) is 18.5. The SMILES string of the molecule is C/C=C(\N=C(C)CO)c1cnc(N2CC3(CC3)c3ccc(C(C)=O)cc32)nc1. The number of aromatic nitrogens is 2.